The van der Waals surface area contributed by atoms with E-state index in [2.05, 4.69) is 29.4 Å². The smallest absolute Gasteiger partial charge is 0.147 e. The summed E-state index contributed by atoms with van der Waals surface area (Å²) < 4.78 is 5.45. The molecule has 114 valence electrons. The first kappa shape index (κ1) is 15.9. The van der Waals surface area contributed by atoms with Gasteiger partial charge in [0.25, 0.3) is 0 Å². The van der Waals surface area contributed by atoms with Crippen LogP contribution in [0.15, 0.2) is 24.3 Å². The molecule has 0 radical (unpaired) electrons. The maximum atomic E-state index is 5.45. The van der Waals surface area contributed by atoms with Gasteiger partial charge in [0.1, 0.15) is 15.8 Å². The summed E-state index contributed by atoms with van der Waals surface area (Å²) in [4.78, 5) is 0. The Labute approximate surface area is 130 Å². The molecule has 1 aromatic carbocycles. The van der Waals surface area contributed by atoms with Crippen LogP contribution in [0.25, 0.3) is 10.6 Å². The highest BCUT2D eigenvalue weighted by Gasteiger charge is 2.07. The molecule has 0 amide bonds. The summed E-state index contributed by atoms with van der Waals surface area (Å²) >= 11 is 1.67. The van der Waals surface area contributed by atoms with Gasteiger partial charge in [-0.1, -0.05) is 25.2 Å². The van der Waals surface area contributed by atoms with Gasteiger partial charge in [-0.2, -0.15) is 0 Å². The standard InChI is InChI=1S/C16H23N3OS/c1-4-20-14-9-7-13(8-10-14)16-19-18-15(21-16)6-5-11-17-12(2)3/h7-10,12,17H,4-6,11H2,1-3H3. The van der Waals surface area contributed by atoms with Crippen LogP contribution in [0.4, 0.5) is 0 Å². The molecule has 5 heteroatoms. The van der Waals surface area contributed by atoms with Crippen molar-refractivity contribution in [3.8, 4) is 16.3 Å². The van der Waals surface area contributed by atoms with Crippen molar-refractivity contribution >= 4 is 11.3 Å². The first-order valence-electron chi connectivity index (χ1n) is 7.48. The molecule has 2 aromatic rings. The molecule has 0 unspecified atom stereocenters. The van der Waals surface area contributed by atoms with Gasteiger partial charge in [0.2, 0.25) is 0 Å². The highest BCUT2D eigenvalue weighted by Crippen LogP contribution is 2.26. The number of aromatic nitrogens is 2. The number of aryl methyl sites for hydroxylation is 1. The van der Waals surface area contributed by atoms with E-state index in [1.54, 1.807) is 11.3 Å². The fourth-order valence-electron chi connectivity index (χ4n) is 1.96. The monoisotopic (exact) mass is 305 g/mol. The third-order valence-corrected chi connectivity index (χ3v) is 4.03. The minimum Gasteiger partial charge on any atom is -0.494 e. The summed E-state index contributed by atoms with van der Waals surface area (Å²) in [5.74, 6) is 0.894. The van der Waals surface area contributed by atoms with E-state index in [-0.39, 0.29) is 0 Å². The second-order valence-corrected chi connectivity index (χ2v) is 6.23. The maximum Gasteiger partial charge on any atom is 0.147 e. The van der Waals surface area contributed by atoms with Gasteiger partial charge >= 0.3 is 0 Å². The van der Waals surface area contributed by atoms with Crippen molar-refractivity contribution in [3.63, 3.8) is 0 Å². The van der Waals surface area contributed by atoms with Gasteiger partial charge in [0, 0.05) is 18.0 Å². The minimum atomic E-state index is 0.541. The highest BCUT2D eigenvalue weighted by atomic mass is 32.1. The van der Waals surface area contributed by atoms with Crippen LogP contribution >= 0.6 is 11.3 Å². The lowest BCUT2D eigenvalue weighted by Crippen LogP contribution is -2.23. The van der Waals surface area contributed by atoms with Gasteiger partial charge in [0.05, 0.1) is 6.61 Å². The van der Waals surface area contributed by atoms with Gasteiger partial charge in [-0.15, -0.1) is 10.2 Å². The van der Waals surface area contributed by atoms with Crippen LogP contribution in [0, 0.1) is 0 Å². The first-order valence-corrected chi connectivity index (χ1v) is 8.29. The highest BCUT2D eigenvalue weighted by molar-refractivity contribution is 7.14. The normalized spacial score (nSPS) is 11.0. The van der Waals surface area contributed by atoms with Crippen molar-refractivity contribution in [3.05, 3.63) is 29.3 Å². The number of rotatable bonds is 8. The summed E-state index contributed by atoms with van der Waals surface area (Å²) in [5, 5.41) is 14.1. The number of nitrogens with zero attached hydrogens (tertiary/aromatic N) is 2. The molecule has 0 saturated heterocycles. The molecule has 0 aliphatic carbocycles. The average molecular weight is 305 g/mol. The molecule has 0 saturated carbocycles. The fraction of sp³-hybridized carbons (Fsp3) is 0.500. The number of benzene rings is 1. The third-order valence-electron chi connectivity index (χ3n) is 3.00. The summed E-state index contributed by atoms with van der Waals surface area (Å²) in [6.45, 7) is 8.02. The molecule has 1 N–H and O–H groups in total. The Hall–Kier alpha value is -1.46. The number of ether oxygens (including phenoxy) is 1. The van der Waals surface area contributed by atoms with Gasteiger partial charge in [-0.05, 0) is 44.2 Å². The molecule has 1 aromatic heterocycles. The molecular formula is C16H23N3OS. The number of hydrogen-bond donors (Lipinski definition) is 1. The van der Waals surface area contributed by atoms with Crippen LogP contribution in [-0.2, 0) is 6.42 Å². The van der Waals surface area contributed by atoms with E-state index in [1.807, 2.05) is 31.2 Å². The Balaban J connectivity index is 1.89. The minimum absolute atomic E-state index is 0.541. The van der Waals surface area contributed by atoms with Gasteiger partial charge < -0.3 is 10.1 Å². The summed E-state index contributed by atoms with van der Waals surface area (Å²) in [7, 11) is 0. The van der Waals surface area contributed by atoms with E-state index in [0.717, 1.165) is 40.7 Å². The van der Waals surface area contributed by atoms with E-state index in [4.69, 9.17) is 4.74 Å². The van der Waals surface area contributed by atoms with Gasteiger partial charge in [0.15, 0.2) is 0 Å². The van der Waals surface area contributed by atoms with Crippen LogP contribution in [0.1, 0.15) is 32.2 Å². The van der Waals surface area contributed by atoms with Crippen LogP contribution < -0.4 is 10.1 Å². The quantitative estimate of drug-likeness (QED) is 0.758. The molecule has 0 spiro atoms. The van der Waals surface area contributed by atoms with Crippen LogP contribution in [0.5, 0.6) is 5.75 Å². The average Bonchev–Trinajstić information content (AvgIpc) is 2.93. The summed E-state index contributed by atoms with van der Waals surface area (Å²) in [6, 6.07) is 8.57. The van der Waals surface area contributed by atoms with E-state index >= 15 is 0 Å². The van der Waals surface area contributed by atoms with E-state index < -0.39 is 0 Å². The van der Waals surface area contributed by atoms with Crippen molar-refractivity contribution in [1.29, 1.82) is 0 Å². The lowest BCUT2D eigenvalue weighted by molar-refractivity contribution is 0.340. The Bertz CT molecular complexity index is 537. The molecule has 0 fully saturated rings. The zero-order chi connectivity index (χ0) is 15.1. The summed E-state index contributed by atoms with van der Waals surface area (Å²) in [5.41, 5.74) is 1.10. The summed E-state index contributed by atoms with van der Waals surface area (Å²) in [6.07, 6.45) is 2.07. The van der Waals surface area contributed by atoms with Gasteiger partial charge in [-0.25, -0.2) is 0 Å². The van der Waals surface area contributed by atoms with Crippen molar-refractivity contribution < 1.29 is 4.74 Å². The van der Waals surface area contributed by atoms with Crippen molar-refractivity contribution in [2.24, 2.45) is 0 Å². The SMILES string of the molecule is CCOc1ccc(-c2nnc(CCCNC(C)C)s2)cc1. The molecule has 0 atom stereocenters. The van der Waals surface area contributed by atoms with Crippen molar-refractivity contribution in [2.75, 3.05) is 13.2 Å². The van der Waals surface area contributed by atoms with E-state index in [0.29, 0.717) is 12.6 Å². The van der Waals surface area contributed by atoms with Crippen LogP contribution in [-0.4, -0.2) is 29.4 Å². The molecule has 2 rings (SSSR count). The number of nitrogens with one attached hydrogen (secondary N) is 1. The Morgan fingerprint density at radius 3 is 2.62 bits per heavy atom. The molecule has 4 nitrogen and oxygen atoms in total. The molecule has 21 heavy (non-hydrogen) atoms. The predicted octanol–water partition coefficient (Wildman–Crippen LogP) is 3.53. The zero-order valence-electron chi connectivity index (χ0n) is 12.9. The third kappa shape index (κ3) is 5.10. The fourth-order valence-corrected chi connectivity index (χ4v) is 2.85. The molecule has 1 heterocycles. The molecule has 0 aliphatic rings. The van der Waals surface area contributed by atoms with Crippen molar-refractivity contribution in [1.82, 2.24) is 15.5 Å². The Morgan fingerprint density at radius 2 is 1.95 bits per heavy atom. The molecule has 0 aliphatic heterocycles. The van der Waals surface area contributed by atoms with Crippen LogP contribution in [0.3, 0.4) is 0 Å². The van der Waals surface area contributed by atoms with Gasteiger partial charge in [-0.3, -0.25) is 0 Å². The predicted molar refractivity (Wildman–Crippen MR) is 88.0 cm³/mol. The van der Waals surface area contributed by atoms with Crippen molar-refractivity contribution in [2.45, 2.75) is 39.7 Å². The largest absolute Gasteiger partial charge is 0.494 e. The van der Waals surface area contributed by atoms with E-state index in [1.165, 1.54) is 0 Å². The first-order chi connectivity index (χ1) is 10.2. The van der Waals surface area contributed by atoms with E-state index in [9.17, 15) is 0 Å². The molecular weight excluding hydrogens is 282 g/mol. The van der Waals surface area contributed by atoms with Crippen LogP contribution in [0.2, 0.25) is 0 Å². The Kier molecular flexibility index (Phi) is 6.14. The second-order valence-electron chi connectivity index (χ2n) is 5.17. The lowest BCUT2D eigenvalue weighted by atomic mass is 10.2. The Morgan fingerprint density at radius 1 is 1.19 bits per heavy atom. The topological polar surface area (TPSA) is 47.0 Å². The second kappa shape index (κ2) is 8.10. The number of hydrogen-bond acceptors (Lipinski definition) is 5. The zero-order valence-corrected chi connectivity index (χ0v) is 13.7. The maximum absolute atomic E-state index is 5.45. The molecule has 0 bridgehead atoms. The lowest BCUT2D eigenvalue weighted by Gasteiger charge is -2.05.